The predicted octanol–water partition coefficient (Wildman–Crippen LogP) is 3.72. The Morgan fingerprint density at radius 3 is 2.37 bits per heavy atom. The molecule has 3 rings (SSSR count). The molecule has 1 aromatic heterocycles. The summed E-state index contributed by atoms with van der Waals surface area (Å²) in [7, 11) is 0. The number of carbonyl (C=O) groups excluding carboxylic acids is 4. The molecule has 0 aliphatic carbocycles. The van der Waals surface area contributed by atoms with E-state index in [1.165, 1.54) is 11.0 Å². The van der Waals surface area contributed by atoms with Crippen LogP contribution in [0.25, 0.3) is 10.9 Å². The molecule has 206 valence electrons. The summed E-state index contributed by atoms with van der Waals surface area (Å²) in [6.45, 7) is 10.3. The monoisotopic (exact) mass is 546 g/mol. The van der Waals surface area contributed by atoms with E-state index < -0.39 is 29.6 Å². The Hall–Kier alpha value is -3.40. The highest BCUT2D eigenvalue weighted by Gasteiger charge is 2.31. The summed E-state index contributed by atoms with van der Waals surface area (Å²) >= 11 is 6.41. The first kappa shape index (κ1) is 29.2. The van der Waals surface area contributed by atoms with Crippen molar-refractivity contribution in [2.24, 2.45) is 0 Å². The van der Waals surface area contributed by atoms with Gasteiger partial charge < -0.3 is 24.6 Å². The minimum atomic E-state index is -1.00. The summed E-state index contributed by atoms with van der Waals surface area (Å²) in [4.78, 5) is 58.6. The van der Waals surface area contributed by atoms with Gasteiger partial charge in [-0.2, -0.15) is 0 Å². The van der Waals surface area contributed by atoms with Gasteiger partial charge in [0.2, 0.25) is 5.91 Å². The summed E-state index contributed by atoms with van der Waals surface area (Å²) in [5, 5.41) is 3.83. The second kappa shape index (κ2) is 12.4. The zero-order valence-corrected chi connectivity index (χ0v) is 23.3. The van der Waals surface area contributed by atoms with Gasteiger partial charge in [0, 0.05) is 38.0 Å². The lowest BCUT2D eigenvalue weighted by Crippen LogP contribution is -2.56. The van der Waals surface area contributed by atoms with Crippen molar-refractivity contribution >= 4 is 46.4 Å². The molecule has 0 saturated carbocycles. The van der Waals surface area contributed by atoms with Gasteiger partial charge >= 0.3 is 12.1 Å². The molecule has 1 aromatic carbocycles. The molecule has 10 nitrogen and oxygen atoms in total. The maximum atomic E-state index is 13.5. The molecule has 38 heavy (non-hydrogen) atoms. The number of amides is 3. The van der Waals surface area contributed by atoms with Crippen LogP contribution in [-0.2, 0) is 19.1 Å². The third-order valence-corrected chi connectivity index (χ3v) is 6.24. The highest BCUT2D eigenvalue weighted by atomic mass is 35.5. The van der Waals surface area contributed by atoms with Crippen LogP contribution in [0.3, 0.4) is 0 Å². The maximum absolute atomic E-state index is 13.5. The molecular weight excluding hydrogens is 512 g/mol. The standard InChI is InChI=1S/C27H35ClN4O6/c1-6-37-26(36)32-13-11-31(12-14-32)25(35)20(9-10-23(33)38-27(3,4)5)30-24(34)22-16-19(28)18-8-7-17(2)15-21(18)29-22/h7-8,15-16,20H,6,9-14H2,1-5H3,(H,30,34). The highest BCUT2D eigenvalue weighted by molar-refractivity contribution is 6.35. The molecule has 3 amide bonds. The van der Waals surface area contributed by atoms with Crippen molar-refractivity contribution in [3.05, 3.63) is 40.5 Å². The summed E-state index contributed by atoms with van der Waals surface area (Å²) < 4.78 is 10.4. The first-order valence-corrected chi connectivity index (χ1v) is 13.1. The van der Waals surface area contributed by atoms with E-state index in [1.807, 2.05) is 25.1 Å². The Kier molecular flexibility index (Phi) is 9.54. The van der Waals surface area contributed by atoms with E-state index >= 15 is 0 Å². The van der Waals surface area contributed by atoms with Gasteiger partial charge in [0.25, 0.3) is 5.91 Å². The maximum Gasteiger partial charge on any atom is 0.409 e. The van der Waals surface area contributed by atoms with Gasteiger partial charge in [-0.3, -0.25) is 14.4 Å². The number of pyridine rings is 1. The average molecular weight is 547 g/mol. The van der Waals surface area contributed by atoms with Crippen molar-refractivity contribution < 1.29 is 28.7 Å². The Bertz CT molecular complexity index is 1200. The fourth-order valence-electron chi connectivity index (χ4n) is 4.10. The van der Waals surface area contributed by atoms with E-state index in [2.05, 4.69) is 10.3 Å². The second-order valence-corrected chi connectivity index (χ2v) is 10.6. The van der Waals surface area contributed by atoms with Crippen molar-refractivity contribution in [1.82, 2.24) is 20.1 Å². The lowest BCUT2D eigenvalue weighted by atomic mass is 10.1. The minimum Gasteiger partial charge on any atom is -0.460 e. The highest BCUT2D eigenvalue weighted by Crippen LogP contribution is 2.24. The normalized spacial score (nSPS) is 14.7. The number of halogens is 1. The number of nitrogens with one attached hydrogen (secondary N) is 1. The fourth-order valence-corrected chi connectivity index (χ4v) is 4.36. The van der Waals surface area contributed by atoms with Crippen molar-refractivity contribution in [3.8, 4) is 0 Å². The number of fused-ring (bicyclic) bond motifs is 1. The van der Waals surface area contributed by atoms with Gasteiger partial charge in [0.1, 0.15) is 17.3 Å². The summed E-state index contributed by atoms with van der Waals surface area (Å²) in [6.07, 6.45) is -0.455. The number of benzene rings is 1. The molecule has 1 fully saturated rings. The van der Waals surface area contributed by atoms with Crippen LogP contribution in [0.1, 0.15) is 56.6 Å². The van der Waals surface area contributed by atoms with E-state index in [9.17, 15) is 19.2 Å². The van der Waals surface area contributed by atoms with Crippen molar-refractivity contribution in [1.29, 1.82) is 0 Å². The molecule has 2 aromatic rings. The van der Waals surface area contributed by atoms with Crippen LogP contribution < -0.4 is 5.32 Å². The molecule has 0 radical (unpaired) electrons. The number of hydrogen-bond acceptors (Lipinski definition) is 7. The van der Waals surface area contributed by atoms with Crippen LogP contribution in [0.5, 0.6) is 0 Å². The van der Waals surface area contributed by atoms with E-state index in [4.69, 9.17) is 21.1 Å². The Morgan fingerprint density at radius 2 is 1.74 bits per heavy atom. The molecule has 0 spiro atoms. The third kappa shape index (κ3) is 7.80. The topological polar surface area (TPSA) is 118 Å². The number of nitrogens with zero attached hydrogens (tertiary/aromatic N) is 3. The lowest BCUT2D eigenvalue weighted by molar-refractivity contribution is -0.155. The molecule has 1 N–H and O–H groups in total. The first-order valence-electron chi connectivity index (χ1n) is 12.7. The van der Waals surface area contributed by atoms with Crippen molar-refractivity contribution in [3.63, 3.8) is 0 Å². The summed E-state index contributed by atoms with van der Waals surface area (Å²) in [5.41, 5.74) is 0.920. The van der Waals surface area contributed by atoms with Gasteiger partial charge in [-0.1, -0.05) is 23.7 Å². The number of aromatic nitrogens is 1. The molecular formula is C27H35ClN4O6. The zero-order chi connectivity index (χ0) is 28.0. The number of carbonyl (C=O) groups is 4. The third-order valence-electron chi connectivity index (χ3n) is 5.93. The molecule has 1 aliphatic heterocycles. The molecule has 0 bridgehead atoms. The number of rotatable bonds is 7. The number of hydrogen-bond donors (Lipinski definition) is 1. The van der Waals surface area contributed by atoms with Gasteiger partial charge in [-0.05, 0) is 58.7 Å². The number of esters is 1. The zero-order valence-electron chi connectivity index (χ0n) is 22.5. The largest absolute Gasteiger partial charge is 0.460 e. The van der Waals surface area contributed by atoms with Crippen LogP contribution in [0.4, 0.5) is 4.79 Å². The van der Waals surface area contributed by atoms with E-state index in [-0.39, 0.29) is 44.1 Å². The van der Waals surface area contributed by atoms with Crippen LogP contribution in [0.15, 0.2) is 24.3 Å². The van der Waals surface area contributed by atoms with Gasteiger partial charge in [-0.15, -0.1) is 0 Å². The molecule has 1 atom stereocenters. The van der Waals surface area contributed by atoms with Gasteiger partial charge in [0.15, 0.2) is 0 Å². The minimum absolute atomic E-state index is 0.0397. The summed E-state index contributed by atoms with van der Waals surface area (Å²) in [5.74, 6) is -1.41. The quantitative estimate of drug-likeness (QED) is 0.526. The van der Waals surface area contributed by atoms with Crippen LogP contribution >= 0.6 is 11.6 Å². The lowest BCUT2D eigenvalue weighted by Gasteiger charge is -2.36. The molecule has 11 heteroatoms. The Balaban J connectivity index is 1.77. The number of piperazine rings is 1. The van der Waals surface area contributed by atoms with E-state index in [0.29, 0.717) is 29.0 Å². The molecule has 1 aliphatic rings. The SMILES string of the molecule is CCOC(=O)N1CCN(C(=O)C(CCC(=O)OC(C)(C)C)NC(=O)c2cc(Cl)c3ccc(C)cc3n2)CC1. The Morgan fingerprint density at radius 1 is 1.08 bits per heavy atom. The summed E-state index contributed by atoms with van der Waals surface area (Å²) in [6, 6.07) is 6.03. The molecule has 1 saturated heterocycles. The smallest absolute Gasteiger partial charge is 0.409 e. The van der Waals surface area contributed by atoms with Crippen LogP contribution in [-0.4, -0.2) is 83.1 Å². The number of aryl methyl sites for hydroxylation is 1. The van der Waals surface area contributed by atoms with E-state index in [0.717, 1.165) is 5.56 Å². The predicted molar refractivity (Wildman–Crippen MR) is 143 cm³/mol. The molecule has 2 heterocycles. The first-order chi connectivity index (χ1) is 17.9. The number of ether oxygens (including phenoxy) is 2. The van der Waals surface area contributed by atoms with Crippen LogP contribution in [0.2, 0.25) is 5.02 Å². The Labute approximate surface area is 227 Å². The van der Waals surface area contributed by atoms with Crippen LogP contribution in [0, 0.1) is 6.92 Å². The van der Waals surface area contributed by atoms with Crippen molar-refractivity contribution in [2.75, 3.05) is 32.8 Å². The van der Waals surface area contributed by atoms with Gasteiger partial charge in [-0.25, -0.2) is 9.78 Å². The second-order valence-electron chi connectivity index (χ2n) is 10.2. The fraction of sp³-hybridized carbons (Fsp3) is 0.519. The van der Waals surface area contributed by atoms with E-state index in [1.54, 1.807) is 32.6 Å². The van der Waals surface area contributed by atoms with Gasteiger partial charge in [0.05, 0.1) is 17.1 Å². The average Bonchev–Trinajstić information content (AvgIpc) is 2.84. The molecule has 1 unspecified atom stereocenters. The van der Waals surface area contributed by atoms with Crippen molar-refractivity contribution in [2.45, 2.75) is 59.1 Å².